The Morgan fingerprint density at radius 1 is 0.714 bits per heavy atom. The summed E-state index contributed by atoms with van der Waals surface area (Å²) in [6, 6.07) is 20.1. The van der Waals surface area contributed by atoms with E-state index in [0.717, 1.165) is 29.7 Å². The minimum absolute atomic E-state index is 0.00944. The first-order chi connectivity index (χ1) is 30.1. The summed E-state index contributed by atoms with van der Waals surface area (Å²) >= 11 is 6.33. The van der Waals surface area contributed by atoms with Gasteiger partial charge in [-0.1, -0.05) is 70.5 Å². The van der Waals surface area contributed by atoms with Crippen molar-refractivity contribution in [3.63, 3.8) is 0 Å². The van der Waals surface area contributed by atoms with Gasteiger partial charge in [0.25, 0.3) is 0 Å². The van der Waals surface area contributed by atoms with Crippen LogP contribution in [-0.2, 0) is 28.7 Å². The van der Waals surface area contributed by atoms with Crippen LogP contribution >= 0.6 is 11.6 Å². The van der Waals surface area contributed by atoms with Gasteiger partial charge in [0.2, 0.25) is 23.6 Å². The van der Waals surface area contributed by atoms with Crippen LogP contribution in [0, 0.1) is 11.8 Å². The number of alkyl carbamates (subject to hydrolysis) is 2. The van der Waals surface area contributed by atoms with Crippen molar-refractivity contribution >= 4 is 64.5 Å². The van der Waals surface area contributed by atoms with Gasteiger partial charge in [-0.2, -0.15) is 0 Å². The van der Waals surface area contributed by atoms with Crippen molar-refractivity contribution < 1.29 is 38.2 Å². The van der Waals surface area contributed by atoms with Crippen molar-refractivity contribution in [3.8, 4) is 0 Å². The molecule has 16 heteroatoms. The van der Waals surface area contributed by atoms with E-state index in [9.17, 15) is 28.8 Å². The number of hydrogen-bond donors (Lipinski definition) is 4. The lowest BCUT2D eigenvalue weighted by atomic mass is 10.0. The first-order valence-corrected chi connectivity index (χ1v) is 22.1. The maximum atomic E-state index is 13.6. The summed E-state index contributed by atoms with van der Waals surface area (Å²) in [6.45, 7) is 11.7. The van der Waals surface area contributed by atoms with Gasteiger partial charge in [-0.05, 0) is 111 Å². The second-order valence-electron chi connectivity index (χ2n) is 16.8. The fraction of sp³-hybridized carbons (Fsp3) is 0.489. The van der Waals surface area contributed by atoms with E-state index in [-0.39, 0.29) is 47.5 Å². The number of nitrogens with zero attached hydrogens (tertiary/aromatic N) is 3. The van der Waals surface area contributed by atoms with Crippen LogP contribution in [0.5, 0.6) is 0 Å². The Hall–Kier alpha value is -5.83. The number of benzene rings is 3. The lowest BCUT2D eigenvalue weighted by molar-refractivity contribution is -0.140. The largest absolute Gasteiger partial charge is 0.453 e. The summed E-state index contributed by atoms with van der Waals surface area (Å²) < 4.78 is 9.46. The maximum Gasteiger partial charge on any atom is 0.407 e. The highest BCUT2D eigenvalue weighted by Crippen LogP contribution is 2.47. The van der Waals surface area contributed by atoms with E-state index < -0.39 is 36.4 Å². The summed E-state index contributed by atoms with van der Waals surface area (Å²) in [6.07, 6.45) is 2.07. The molecule has 15 nitrogen and oxygen atoms in total. The minimum Gasteiger partial charge on any atom is -0.453 e. The first kappa shape index (κ1) is 48.2. The molecule has 5 rings (SSSR count). The van der Waals surface area contributed by atoms with Gasteiger partial charge in [0, 0.05) is 35.2 Å². The topological polar surface area (TPSA) is 179 Å². The van der Waals surface area contributed by atoms with E-state index >= 15 is 0 Å². The summed E-state index contributed by atoms with van der Waals surface area (Å²) in [7, 11) is 2.48. The van der Waals surface area contributed by atoms with Crippen LogP contribution in [0.1, 0.15) is 96.9 Å². The van der Waals surface area contributed by atoms with Crippen molar-refractivity contribution in [1.29, 1.82) is 0 Å². The van der Waals surface area contributed by atoms with Crippen LogP contribution in [-0.4, -0.2) is 97.1 Å². The number of anilines is 3. The molecular weight excluding hydrogens is 826 g/mol. The fourth-order valence-electron chi connectivity index (χ4n) is 8.42. The second kappa shape index (κ2) is 22.0. The van der Waals surface area contributed by atoms with Crippen LogP contribution in [0.25, 0.3) is 0 Å². The average molecular weight is 889 g/mol. The van der Waals surface area contributed by atoms with E-state index in [2.05, 4.69) is 26.2 Å². The van der Waals surface area contributed by atoms with Crippen molar-refractivity contribution in [1.82, 2.24) is 20.4 Å². The molecule has 2 fully saturated rings. The number of rotatable bonds is 16. The fourth-order valence-corrected chi connectivity index (χ4v) is 8.55. The third-order valence-electron chi connectivity index (χ3n) is 11.9. The Kier molecular flexibility index (Phi) is 16.8. The first-order valence-electron chi connectivity index (χ1n) is 21.7. The van der Waals surface area contributed by atoms with Gasteiger partial charge in [0.1, 0.15) is 24.2 Å². The van der Waals surface area contributed by atoms with Gasteiger partial charge in [0.05, 0.1) is 26.3 Å². The van der Waals surface area contributed by atoms with Crippen molar-refractivity contribution in [2.75, 3.05) is 42.8 Å². The van der Waals surface area contributed by atoms with Crippen LogP contribution in [0.4, 0.5) is 26.7 Å². The third-order valence-corrected chi connectivity index (χ3v) is 12.1. The molecule has 2 heterocycles. The number of ether oxygens (including phenoxy) is 2. The van der Waals surface area contributed by atoms with Crippen LogP contribution in [0.3, 0.4) is 0 Å². The van der Waals surface area contributed by atoms with Crippen molar-refractivity contribution in [2.45, 2.75) is 110 Å². The van der Waals surface area contributed by atoms with Gasteiger partial charge in [-0.15, -0.1) is 0 Å². The maximum absolute atomic E-state index is 13.6. The zero-order chi connectivity index (χ0) is 46.0. The number of carbonyl (C=O) groups excluding carboxylic acids is 6. The molecule has 3 aromatic carbocycles. The smallest absolute Gasteiger partial charge is 0.407 e. The molecule has 0 saturated carbocycles. The summed E-state index contributed by atoms with van der Waals surface area (Å²) in [5.41, 5.74) is 4.29. The van der Waals surface area contributed by atoms with Crippen LogP contribution < -0.4 is 26.2 Å². The number of carbonyl (C=O) groups is 6. The van der Waals surface area contributed by atoms with Crippen LogP contribution in [0.2, 0.25) is 5.02 Å². The summed E-state index contributed by atoms with van der Waals surface area (Å²) in [5, 5.41) is 11.8. The standard InChI is InChI=1S/C47H62ClN7O8/c1-9-26-53(44(58)40(28(2)3)51-46(60)62-7)30(6)42(56)49-34-18-12-31(13-19-34)37-24-25-38(55(37)36-22-16-33(48)17-23-36)32-14-20-35(21-15-32)50-43(57)39-11-10-27-54(39)45(59)41(29(4)5)52-47(61)63-8/h12-23,28-30,37-41H,9-11,24-27H2,1-8H3,(H,49,56)(H,50,57)(H,51,60)(H,52,61)/t30-,37+,38+,39-,40-,41-/m0/s1. The molecule has 2 aliphatic heterocycles. The van der Waals surface area contributed by atoms with Gasteiger partial charge < -0.3 is 45.4 Å². The zero-order valence-electron chi connectivity index (χ0n) is 37.5. The molecule has 2 saturated heterocycles. The number of amides is 6. The van der Waals surface area contributed by atoms with E-state index in [1.807, 2.05) is 107 Å². The number of likely N-dealkylation sites (tertiary alicyclic amines) is 1. The molecule has 0 aromatic heterocycles. The predicted octanol–water partition coefficient (Wildman–Crippen LogP) is 7.68. The SMILES string of the molecule is CCCN(C(=O)[C@@H](NC(=O)OC)C(C)C)[C@@H](C)C(=O)Nc1ccc([C@H]2CC[C@H](c3ccc(NC(=O)[C@@H]4CCCN4C(=O)[C@@H](NC(=O)OC)C(C)C)cc3)N2c2ccc(Cl)cc2)cc1. The molecule has 6 amide bonds. The summed E-state index contributed by atoms with van der Waals surface area (Å²) in [5.74, 6) is -1.75. The predicted molar refractivity (Wildman–Crippen MR) is 243 cm³/mol. The highest BCUT2D eigenvalue weighted by atomic mass is 35.5. The summed E-state index contributed by atoms with van der Waals surface area (Å²) in [4.78, 5) is 83.8. The highest BCUT2D eigenvalue weighted by molar-refractivity contribution is 6.30. The number of halogens is 1. The zero-order valence-corrected chi connectivity index (χ0v) is 38.2. The molecule has 4 N–H and O–H groups in total. The second-order valence-corrected chi connectivity index (χ2v) is 17.3. The van der Waals surface area contributed by atoms with Gasteiger partial charge >= 0.3 is 12.2 Å². The molecule has 3 aromatic rings. The monoisotopic (exact) mass is 887 g/mol. The Morgan fingerprint density at radius 3 is 1.71 bits per heavy atom. The average Bonchev–Trinajstić information content (AvgIpc) is 3.95. The molecule has 63 heavy (non-hydrogen) atoms. The minimum atomic E-state index is -0.856. The molecule has 6 atom stereocenters. The molecule has 340 valence electrons. The molecule has 0 unspecified atom stereocenters. The van der Waals surface area contributed by atoms with Gasteiger partial charge in [0.15, 0.2) is 0 Å². The molecule has 2 aliphatic rings. The van der Waals surface area contributed by atoms with E-state index in [0.29, 0.717) is 48.7 Å². The Morgan fingerprint density at radius 2 is 1.22 bits per heavy atom. The van der Waals surface area contributed by atoms with Gasteiger partial charge in [-0.3, -0.25) is 19.2 Å². The Labute approximate surface area is 375 Å². The van der Waals surface area contributed by atoms with Crippen molar-refractivity contribution in [3.05, 3.63) is 88.9 Å². The number of nitrogens with one attached hydrogen (secondary N) is 4. The lowest BCUT2D eigenvalue weighted by Crippen LogP contribution is -2.55. The lowest BCUT2D eigenvalue weighted by Gasteiger charge is -2.34. The Bertz CT molecular complexity index is 2060. The van der Waals surface area contributed by atoms with Gasteiger partial charge in [-0.25, -0.2) is 9.59 Å². The number of hydrogen-bond acceptors (Lipinski definition) is 9. The quantitative estimate of drug-likeness (QED) is 0.112. The molecule has 0 bridgehead atoms. The highest BCUT2D eigenvalue weighted by Gasteiger charge is 2.40. The normalized spacial score (nSPS) is 18.6. The van der Waals surface area contributed by atoms with E-state index in [1.54, 1.807) is 11.8 Å². The molecular formula is C47H62ClN7O8. The van der Waals surface area contributed by atoms with E-state index in [1.165, 1.54) is 19.1 Å². The molecule has 0 spiro atoms. The number of methoxy groups -OCH3 is 2. The third kappa shape index (κ3) is 11.8. The van der Waals surface area contributed by atoms with Crippen molar-refractivity contribution in [2.24, 2.45) is 11.8 Å². The van der Waals surface area contributed by atoms with E-state index in [4.69, 9.17) is 21.1 Å². The molecule has 0 aliphatic carbocycles. The van der Waals surface area contributed by atoms with Crippen LogP contribution in [0.15, 0.2) is 72.8 Å². The Balaban J connectivity index is 1.29. The molecule has 0 radical (unpaired) electrons.